The molecule has 1 saturated heterocycles. The molecule has 0 N–H and O–H groups in total. The zero-order chi connectivity index (χ0) is 13.9. The average molecular weight is 285 g/mol. The van der Waals surface area contributed by atoms with Crippen LogP contribution in [0.4, 0.5) is 0 Å². The molecule has 1 aliphatic rings. The summed E-state index contributed by atoms with van der Waals surface area (Å²) in [4.78, 5) is 9.22. The Morgan fingerprint density at radius 2 is 2.11 bits per heavy atom. The van der Waals surface area contributed by atoms with Crippen molar-refractivity contribution in [1.82, 2.24) is 9.97 Å². The van der Waals surface area contributed by atoms with E-state index in [2.05, 4.69) is 18.8 Å². The van der Waals surface area contributed by atoms with E-state index in [1.807, 2.05) is 6.20 Å². The Morgan fingerprint density at radius 3 is 2.63 bits per heavy atom. The Bertz CT molecular complexity index is 431. The molecule has 0 radical (unpaired) electrons. The van der Waals surface area contributed by atoms with Crippen LogP contribution in [-0.4, -0.2) is 30.3 Å². The molecule has 0 unspecified atom stereocenters. The van der Waals surface area contributed by atoms with E-state index in [9.17, 15) is 0 Å². The van der Waals surface area contributed by atoms with Gasteiger partial charge >= 0.3 is 0 Å². The van der Waals surface area contributed by atoms with Gasteiger partial charge in [0.2, 0.25) is 0 Å². The Balaban J connectivity index is 2.40. The van der Waals surface area contributed by atoms with E-state index in [1.165, 1.54) is 0 Å². The normalized spacial score (nSPS) is 18.8. The van der Waals surface area contributed by atoms with Gasteiger partial charge in [0.1, 0.15) is 5.60 Å². The van der Waals surface area contributed by atoms with Gasteiger partial charge in [0.25, 0.3) is 0 Å². The molecule has 1 aromatic rings. The van der Waals surface area contributed by atoms with Crippen molar-refractivity contribution in [2.45, 2.75) is 44.1 Å². The fraction of sp³-hybridized carbons (Fsp3) is 0.714. The fourth-order valence-electron chi connectivity index (χ4n) is 2.46. The van der Waals surface area contributed by atoms with Crippen molar-refractivity contribution in [3.8, 4) is 0 Å². The van der Waals surface area contributed by atoms with Crippen LogP contribution in [0.1, 0.15) is 49.7 Å². The third kappa shape index (κ3) is 2.91. The minimum atomic E-state index is -0.410. The van der Waals surface area contributed by atoms with Crippen LogP contribution in [0.25, 0.3) is 0 Å². The molecule has 0 bridgehead atoms. The first kappa shape index (κ1) is 14.7. The zero-order valence-corrected chi connectivity index (χ0v) is 12.5. The third-order valence-corrected chi connectivity index (χ3v) is 3.98. The second kappa shape index (κ2) is 6.16. The highest BCUT2D eigenvalue weighted by Gasteiger charge is 2.37. The van der Waals surface area contributed by atoms with Crippen LogP contribution in [0, 0.1) is 0 Å². The number of rotatable bonds is 4. The lowest BCUT2D eigenvalue weighted by Crippen LogP contribution is -2.37. The van der Waals surface area contributed by atoms with E-state index >= 15 is 0 Å². The smallest absolute Gasteiger partial charge is 0.160 e. The maximum Gasteiger partial charge on any atom is 0.160 e. The van der Waals surface area contributed by atoms with Gasteiger partial charge in [-0.25, -0.2) is 9.97 Å². The fourth-order valence-corrected chi connectivity index (χ4v) is 2.67. The summed E-state index contributed by atoms with van der Waals surface area (Å²) < 4.78 is 11.1. The van der Waals surface area contributed by atoms with Gasteiger partial charge < -0.3 is 9.47 Å². The average Bonchev–Trinajstić information content (AvgIpc) is 2.47. The van der Waals surface area contributed by atoms with Gasteiger partial charge in [-0.05, 0) is 5.92 Å². The number of nitrogens with zero attached hydrogens (tertiary/aromatic N) is 2. The van der Waals surface area contributed by atoms with Crippen molar-refractivity contribution in [1.29, 1.82) is 0 Å². The largest absolute Gasteiger partial charge is 0.381 e. The summed E-state index contributed by atoms with van der Waals surface area (Å²) in [5.41, 5.74) is 1.61. The lowest BCUT2D eigenvalue weighted by Gasteiger charge is -2.34. The highest BCUT2D eigenvalue weighted by atomic mass is 35.5. The molecule has 1 aliphatic heterocycles. The van der Waals surface area contributed by atoms with Gasteiger partial charge in [-0.1, -0.05) is 13.8 Å². The third-order valence-electron chi connectivity index (χ3n) is 3.69. The number of methoxy groups -OCH3 is 1. The van der Waals surface area contributed by atoms with Gasteiger partial charge in [-0.15, -0.1) is 11.6 Å². The van der Waals surface area contributed by atoms with Gasteiger partial charge in [0.15, 0.2) is 5.82 Å². The zero-order valence-electron chi connectivity index (χ0n) is 11.8. The molecule has 0 saturated carbocycles. The number of ether oxygens (including phenoxy) is 2. The molecule has 0 atom stereocenters. The highest BCUT2D eigenvalue weighted by molar-refractivity contribution is 6.17. The Morgan fingerprint density at radius 1 is 1.42 bits per heavy atom. The molecule has 19 heavy (non-hydrogen) atoms. The predicted octanol–water partition coefficient (Wildman–Crippen LogP) is 2.99. The van der Waals surface area contributed by atoms with Crippen LogP contribution in [0.2, 0.25) is 0 Å². The predicted molar refractivity (Wildman–Crippen MR) is 74.4 cm³/mol. The number of halogens is 1. The van der Waals surface area contributed by atoms with Crippen LogP contribution in [0.5, 0.6) is 0 Å². The molecule has 5 heteroatoms. The summed E-state index contributed by atoms with van der Waals surface area (Å²) >= 11 is 5.95. The van der Waals surface area contributed by atoms with Gasteiger partial charge in [0, 0.05) is 44.9 Å². The van der Waals surface area contributed by atoms with Crippen molar-refractivity contribution in [3.05, 3.63) is 23.3 Å². The number of alkyl halides is 1. The summed E-state index contributed by atoms with van der Waals surface area (Å²) in [6.45, 7) is 5.61. The molecule has 106 valence electrons. The van der Waals surface area contributed by atoms with E-state index in [4.69, 9.17) is 26.1 Å². The summed E-state index contributed by atoms with van der Waals surface area (Å²) in [7, 11) is 1.72. The van der Waals surface area contributed by atoms with Gasteiger partial charge in [-0.2, -0.15) is 0 Å². The lowest BCUT2D eigenvalue weighted by molar-refractivity contribution is -0.100. The Kier molecular flexibility index (Phi) is 4.76. The summed E-state index contributed by atoms with van der Waals surface area (Å²) in [6, 6.07) is 0. The minimum Gasteiger partial charge on any atom is -0.381 e. The molecule has 2 heterocycles. The first-order valence-electron chi connectivity index (χ1n) is 6.68. The summed E-state index contributed by atoms with van der Waals surface area (Å²) in [6.07, 6.45) is 3.42. The SMILES string of the molecule is COC1(c2ncc(CCl)c(C(C)C)n2)CCOCC1. The second-order valence-electron chi connectivity index (χ2n) is 5.20. The van der Waals surface area contributed by atoms with Crippen molar-refractivity contribution in [2.75, 3.05) is 20.3 Å². The topological polar surface area (TPSA) is 44.2 Å². The second-order valence-corrected chi connectivity index (χ2v) is 5.47. The summed E-state index contributed by atoms with van der Waals surface area (Å²) in [5.74, 6) is 1.52. The van der Waals surface area contributed by atoms with E-state index in [1.54, 1.807) is 7.11 Å². The molecular weight excluding hydrogens is 264 g/mol. The standard InChI is InChI=1S/C14H21ClN2O2/c1-10(2)12-11(8-15)9-16-13(17-12)14(18-3)4-6-19-7-5-14/h9-10H,4-8H2,1-3H3. The molecule has 0 amide bonds. The molecule has 1 fully saturated rings. The Labute approximate surface area is 119 Å². The van der Waals surface area contributed by atoms with Crippen molar-refractivity contribution < 1.29 is 9.47 Å². The molecule has 1 aromatic heterocycles. The first-order valence-corrected chi connectivity index (χ1v) is 7.21. The molecule has 2 rings (SSSR count). The van der Waals surface area contributed by atoms with E-state index < -0.39 is 5.60 Å². The highest BCUT2D eigenvalue weighted by Crippen LogP contribution is 2.34. The maximum absolute atomic E-state index is 5.95. The van der Waals surface area contributed by atoms with Crippen molar-refractivity contribution in [2.24, 2.45) is 0 Å². The van der Waals surface area contributed by atoms with Crippen LogP contribution in [-0.2, 0) is 21.0 Å². The van der Waals surface area contributed by atoms with Crippen LogP contribution < -0.4 is 0 Å². The maximum atomic E-state index is 5.95. The van der Waals surface area contributed by atoms with Gasteiger partial charge in [0.05, 0.1) is 11.6 Å². The van der Waals surface area contributed by atoms with Crippen LogP contribution in [0.3, 0.4) is 0 Å². The monoisotopic (exact) mass is 284 g/mol. The van der Waals surface area contributed by atoms with Crippen molar-refractivity contribution in [3.63, 3.8) is 0 Å². The molecule has 4 nitrogen and oxygen atoms in total. The number of aromatic nitrogens is 2. The number of hydrogen-bond acceptors (Lipinski definition) is 4. The molecule has 0 spiro atoms. The number of hydrogen-bond donors (Lipinski definition) is 0. The molecule has 0 aromatic carbocycles. The molecular formula is C14H21ClN2O2. The van der Waals surface area contributed by atoms with Crippen molar-refractivity contribution >= 4 is 11.6 Å². The first-order chi connectivity index (χ1) is 9.13. The van der Waals surface area contributed by atoms with E-state index in [0.29, 0.717) is 25.0 Å². The quantitative estimate of drug-likeness (QED) is 0.797. The van der Waals surface area contributed by atoms with Gasteiger partial charge in [-0.3, -0.25) is 0 Å². The minimum absolute atomic E-state index is 0.323. The van der Waals surface area contributed by atoms with E-state index in [0.717, 1.165) is 29.9 Å². The van der Waals surface area contributed by atoms with E-state index in [-0.39, 0.29) is 0 Å². The molecule has 0 aliphatic carbocycles. The summed E-state index contributed by atoms with van der Waals surface area (Å²) in [5, 5.41) is 0. The Hall–Kier alpha value is -0.710. The van der Waals surface area contributed by atoms with Crippen LogP contribution >= 0.6 is 11.6 Å². The lowest BCUT2D eigenvalue weighted by atomic mass is 9.92. The van der Waals surface area contributed by atoms with Crippen LogP contribution in [0.15, 0.2) is 6.20 Å².